The van der Waals surface area contributed by atoms with Gasteiger partial charge in [-0.1, -0.05) is 0 Å². The summed E-state index contributed by atoms with van der Waals surface area (Å²) in [7, 11) is 0.181. The molecule has 0 saturated carbocycles. The molecule has 0 aromatic carbocycles. The van der Waals surface area contributed by atoms with Crippen molar-refractivity contribution in [2.45, 2.75) is 25.6 Å². The van der Waals surface area contributed by atoms with E-state index in [0.29, 0.717) is 19.6 Å². The number of sulfonamides is 1. The molecule has 2 rings (SSSR count). The van der Waals surface area contributed by atoms with Gasteiger partial charge in [0, 0.05) is 46.0 Å². The molecule has 1 atom stereocenters. The van der Waals surface area contributed by atoms with Crippen LogP contribution in [0.15, 0.2) is 12.3 Å². The molecule has 1 aliphatic rings. The number of fused-ring (bicyclic) bond motifs is 1. The van der Waals surface area contributed by atoms with Gasteiger partial charge in [-0.05, 0) is 12.5 Å². The summed E-state index contributed by atoms with van der Waals surface area (Å²) in [5, 5.41) is 4.26. The number of nitrogens with zero attached hydrogens (tertiary/aromatic N) is 4. The molecule has 2 heterocycles. The Morgan fingerprint density at radius 2 is 2.23 bits per heavy atom. The minimum atomic E-state index is -3.25. The Hall–Kier alpha value is -1.45. The van der Waals surface area contributed by atoms with Gasteiger partial charge >= 0.3 is 0 Å². The van der Waals surface area contributed by atoms with Crippen molar-refractivity contribution in [3.8, 4) is 0 Å². The number of amides is 1. The SMILES string of the molecule is CN(C)C(=O)CN1Cc2ccnn2CC[C@H]1CNS(C)(=O)=O. The molecule has 0 spiro atoms. The average Bonchev–Trinajstić information content (AvgIpc) is 2.77. The second-order valence-corrected chi connectivity index (χ2v) is 7.63. The molecule has 0 radical (unpaired) electrons. The first-order valence-corrected chi connectivity index (χ1v) is 9.05. The predicted molar refractivity (Wildman–Crippen MR) is 82.6 cm³/mol. The third-order valence-electron chi connectivity index (χ3n) is 3.78. The molecule has 0 fully saturated rings. The van der Waals surface area contributed by atoms with Gasteiger partial charge in [-0.15, -0.1) is 0 Å². The third-order valence-corrected chi connectivity index (χ3v) is 4.47. The fraction of sp³-hybridized carbons (Fsp3) is 0.692. The molecule has 1 amide bonds. The third kappa shape index (κ3) is 4.52. The number of hydrogen-bond donors (Lipinski definition) is 1. The number of aromatic nitrogens is 2. The molecule has 0 bridgehead atoms. The van der Waals surface area contributed by atoms with E-state index in [-0.39, 0.29) is 18.5 Å². The quantitative estimate of drug-likeness (QED) is 0.756. The first-order chi connectivity index (χ1) is 10.3. The van der Waals surface area contributed by atoms with Gasteiger partial charge in [-0.25, -0.2) is 13.1 Å². The van der Waals surface area contributed by atoms with Crippen molar-refractivity contribution in [3.63, 3.8) is 0 Å². The van der Waals surface area contributed by atoms with E-state index in [1.54, 1.807) is 25.2 Å². The van der Waals surface area contributed by atoms with Crippen molar-refractivity contribution < 1.29 is 13.2 Å². The second kappa shape index (κ2) is 6.76. The fourth-order valence-electron chi connectivity index (χ4n) is 2.47. The van der Waals surface area contributed by atoms with E-state index in [9.17, 15) is 13.2 Å². The van der Waals surface area contributed by atoms with Crippen LogP contribution in [0.1, 0.15) is 12.1 Å². The lowest BCUT2D eigenvalue weighted by Crippen LogP contribution is -2.46. The normalized spacial score (nSPS) is 19.5. The highest BCUT2D eigenvalue weighted by Crippen LogP contribution is 2.17. The van der Waals surface area contributed by atoms with Crippen LogP contribution in [-0.2, 0) is 27.9 Å². The molecule has 124 valence electrons. The molecule has 9 heteroatoms. The summed E-state index contributed by atoms with van der Waals surface area (Å²) in [4.78, 5) is 15.6. The highest BCUT2D eigenvalue weighted by molar-refractivity contribution is 7.88. The van der Waals surface area contributed by atoms with E-state index in [0.717, 1.165) is 18.4 Å². The van der Waals surface area contributed by atoms with E-state index in [1.165, 1.54) is 0 Å². The van der Waals surface area contributed by atoms with Gasteiger partial charge in [0.15, 0.2) is 0 Å². The Labute approximate surface area is 131 Å². The molecule has 1 aromatic heterocycles. The number of likely N-dealkylation sites (N-methyl/N-ethyl adjacent to an activating group) is 1. The van der Waals surface area contributed by atoms with E-state index in [1.807, 2.05) is 15.6 Å². The minimum absolute atomic E-state index is 0.00248. The Morgan fingerprint density at radius 1 is 1.50 bits per heavy atom. The highest BCUT2D eigenvalue weighted by Gasteiger charge is 2.26. The Balaban J connectivity index is 2.14. The second-order valence-electron chi connectivity index (χ2n) is 5.80. The smallest absolute Gasteiger partial charge is 0.236 e. The van der Waals surface area contributed by atoms with Gasteiger partial charge in [-0.3, -0.25) is 14.4 Å². The average molecular weight is 329 g/mol. The summed E-state index contributed by atoms with van der Waals surface area (Å²) >= 11 is 0. The van der Waals surface area contributed by atoms with Gasteiger partial charge in [0.1, 0.15) is 0 Å². The summed E-state index contributed by atoms with van der Waals surface area (Å²) in [6.07, 6.45) is 3.62. The molecule has 0 unspecified atom stereocenters. The molecule has 1 aliphatic heterocycles. The molecule has 1 N–H and O–H groups in total. The Morgan fingerprint density at radius 3 is 2.86 bits per heavy atom. The van der Waals surface area contributed by atoms with Gasteiger partial charge in [-0.2, -0.15) is 5.10 Å². The number of aryl methyl sites for hydroxylation is 1. The number of nitrogens with one attached hydrogen (secondary N) is 1. The number of rotatable bonds is 5. The maximum atomic E-state index is 12.0. The minimum Gasteiger partial charge on any atom is -0.348 e. The summed E-state index contributed by atoms with van der Waals surface area (Å²) in [6.45, 7) is 1.85. The number of carbonyl (C=O) groups excluding carboxylic acids is 1. The van der Waals surface area contributed by atoms with Crippen LogP contribution < -0.4 is 4.72 Å². The van der Waals surface area contributed by atoms with E-state index in [2.05, 4.69) is 9.82 Å². The largest absolute Gasteiger partial charge is 0.348 e. The van der Waals surface area contributed by atoms with Crippen molar-refractivity contribution in [2.75, 3.05) is 33.4 Å². The lowest BCUT2D eigenvalue weighted by molar-refractivity contribution is -0.130. The Kier molecular flexibility index (Phi) is 5.20. The van der Waals surface area contributed by atoms with Crippen LogP contribution in [0.4, 0.5) is 0 Å². The van der Waals surface area contributed by atoms with Gasteiger partial charge in [0.2, 0.25) is 15.9 Å². The molecular weight excluding hydrogens is 306 g/mol. The van der Waals surface area contributed by atoms with Crippen LogP contribution in [-0.4, -0.2) is 73.4 Å². The first-order valence-electron chi connectivity index (χ1n) is 7.16. The van der Waals surface area contributed by atoms with E-state index < -0.39 is 10.0 Å². The van der Waals surface area contributed by atoms with Crippen LogP contribution in [0.25, 0.3) is 0 Å². The molecular formula is C13H23N5O3S. The first kappa shape index (κ1) is 16.9. The molecule has 0 saturated heterocycles. The topological polar surface area (TPSA) is 87.5 Å². The summed E-state index contributed by atoms with van der Waals surface area (Å²) in [5.41, 5.74) is 1.04. The zero-order chi connectivity index (χ0) is 16.3. The van der Waals surface area contributed by atoms with Crippen molar-refractivity contribution in [2.24, 2.45) is 0 Å². The van der Waals surface area contributed by atoms with E-state index in [4.69, 9.17) is 0 Å². The Bertz CT molecular complexity index is 625. The van der Waals surface area contributed by atoms with Gasteiger partial charge in [0.25, 0.3) is 0 Å². The predicted octanol–water partition coefficient (Wildman–Crippen LogP) is -0.905. The zero-order valence-electron chi connectivity index (χ0n) is 13.2. The summed E-state index contributed by atoms with van der Waals surface area (Å²) in [6, 6.07) is 1.89. The van der Waals surface area contributed by atoms with Crippen molar-refractivity contribution in [1.29, 1.82) is 0 Å². The van der Waals surface area contributed by atoms with Gasteiger partial charge < -0.3 is 4.90 Å². The van der Waals surface area contributed by atoms with Crippen molar-refractivity contribution >= 4 is 15.9 Å². The monoisotopic (exact) mass is 329 g/mol. The van der Waals surface area contributed by atoms with Crippen molar-refractivity contribution in [1.82, 2.24) is 24.3 Å². The summed E-state index contributed by atoms with van der Waals surface area (Å²) in [5.74, 6) is -0.00248. The standard InChI is InChI=1S/C13H23N5O3S/c1-16(2)13(19)10-17-9-12-4-6-14-18(12)7-5-11(17)8-15-22(3,20)21/h4,6,11,15H,5,7-10H2,1-3H3/t11-/m0/s1. The maximum Gasteiger partial charge on any atom is 0.236 e. The molecule has 8 nitrogen and oxygen atoms in total. The lowest BCUT2D eigenvalue weighted by atomic mass is 10.1. The molecule has 1 aromatic rings. The van der Waals surface area contributed by atoms with Crippen molar-refractivity contribution in [3.05, 3.63) is 18.0 Å². The van der Waals surface area contributed by atoms with Crippen LogP contribution in [0.3, 0.4) is 0 Å². The van der Waals surface area contributed by atoms with Crippen LogP contribution >= 0.6 is 0 Å². The van der Waals surface area contributed by atoms with E-state index >= 15 is 0 Å². The van der Waals surface area contributed by atoms with Crippen LogP contribution in [0, 0.1) is 0 Å². The van der Waals surface area contributed by atoms with Gasteiger partial charge in [0.05, 0.1) is 18.5 Å². The maximum absolute atomic E-state index is 12.0. The summed E-state index contributed by atoms with van der Waals surface area (Å²) < 4.78 is 27.1. The lowest BCUT2D eigenvalue weighted by Gasteiger charge is -2.29. The molecule has 22 heavy (non-hydrogen) atoms. The number of hydrogen-bond acceptors (Lipinski definition) is 5. The molecule has 0 aliphatic carbocycles. The highest BCUT2D eigenvalue weighted by atomic mass is 32.2. The van der Waals surface area contributed by atoms with Crippen LogP contribution in [0.5, 0.6) is 0 Å². The zero-order valence-corrected chi connectivity index (χ0v) is 14.0. The fourth-order valence-corrected chi connectivity index (χ4v) is 2.96. The number of carbonyl (C=O) groups is 1. The van der Waals surface area contributed by atoms with Crippen LogP contribution in [0.2, 0.25) is 0 Å².